The van der Waals surface area contributed by atoms with Crippen molar-refractivity contribution in [3.63, 3.8) is 0 Å². The SMILES string of the molecule is CC1=NN(c2ccccc2)C(=O)C1=Cc1ccc(OCc2ccccc2F)c(Br)c1. The second-order valence-electron chi connectivity index (χ2n) is 6.77. The van der Waals surface area contributed by atoms with Crippen molar-refractivity contribution in [3.8, 4) is 5.75 Å². The Morgan fingerprint density at radius 2 is 1.80 bits per heavy atom. The quantitative estimate of drug-likeness (QED) is 0.436. The molecule has 30 heavy (non-hydrogen) atoms. The number of carbonyl (C=O) groups is 1. The lowest BCUT2D eigenvalue weighted by Crippen LogP contribution is -2.21. The van der Waals surface area contributed by atoms with Gasteiger partial charge in [-0.2, -0.15) is 10.1 Å². The first-order valence-electron chi connectivity index (χ1n) is 9.35. The Kier molecular flexibility index (Phi) is 5.77. The normalized spacial score (nSPS) is 14.9. The lowest BCUT2D eigenvalue weighted by atomic mass is 10.1. The smallest absolute Gasteiger partial charge is 0.280 e. The average molecular weight is 465 g/mol. The first-order chi connectivity index (χ1) is 14.5. The van der Waals surface area contributed by atoms with Crippen molar-refractivity contribution in [1.82, 2.24) is 0 Å². The zero-order valence-electron chi connectivity index (χ0n) is 16.2. The first-order valence-corrected chi connectivity index (χ1v) is 10.1. The van der Waals surface area contributed by atoms with E-state index in [0.717, 1.165) is 11.3 Å². The summed E-state index contributed by atoms with van der Waals surface area (Å²) in [5.74, 6) is 0.122. The summed E-state index contributed by atoms with van der Waals surface area (Å²) in [7, 11) is 0. The summed E-state index contributed by atoms with van der Waals surface area (Å²) in [5, 5.41) is 5.79. The number of amides is 1. The average Bonchev–Trinajstić information content (AvgIpc) is 3.03. The predicted molar refractivity (Wildman–Crippen MR) is 120 cm³/mol. The molecule has 0 radical (unpaired) electrons. The lowest BCUT2D eigenvalue weighted by molar-refractivity contribution is -0.114. The molecule has 3 aromatic carbocycles. The molecule has 0 N–H and O–H groups in total. The molecule has 1 aliphatic heterocycles. The molecule has 4 nitrogen and oxygen atoms in total. The third-order valence-corrected chi connectivity index (χ3v) is 5.29. The van der Waals surface area contributed by atoms with Crippen molar-refractivity contribution in [2.75, 3.05) is 5.01 Å². The van der Waals surface area contributed by atoms with Crippen molar-refractivity contribution >= 4 is 39.3 Å². The van der Waals surface area contributed by atoms with Crippen LogP contribution in [0.25, 0.3) is 6.08 Å². The third kappa shape index (κ3) is 4.19. The van der Waals surface area contributed by atoms with E-state index in [4.69, 9.17) is 4.74 Å². The molecular weight excluding hydrogens is 447 g/mol. The summed E-state index contributed by atoms with van der Waals surface area (Å²) < 4.78 is 20.2. The first kappa shape index (κ1) is 20.0. The molecule has 0 aromatic heterocycles. The van der Waals surface area contributed by atoms with Crippen molar-refractivity contribution in [3.05, 3.63) is 99.8 Å². The van der Waals surface area contributed by atoms with E-state index in [9.17, 15) is 9.18 Å². The second-order valence-corrected chi connectivity index (χ2v) is 7.62. The minimum absolute atomic E-state index is 0.127. The van der Waals surface area contributed by atoms with Crippen LogP contribution in [0.4, 0.5) is 10.1 Å². The molecule has 4 rings (SSSR count). The van der Waals surface area contributed by atoms with Gasteiger partial charge in [-0.15, -0.1) is 0 Å². The van der Waals surface area contributed by atoms with Gasteiger partial charge in [-0.1, -0.05) is 42.5 Å². The van der Waals surface area contributed by atoms with Gasteiger partial charge in [0.2, 0.25) is 0 Å². The van der Waals surface area contributed by atoms with Crippen molar-refractivity contribution in [2.24, 2.45) is 5.10 Å². The number of halogens is 2. The highest BCUT2D eigenvalue weighted by molar-refractivity contribution is 9.10. The molecule has 6 heteroatoms. The molecule has 0 saturated heterocycles. The van der Waals surface area contributed by atoms with Gasteiger partial charge in [-0.3, -0.25) is 4.79 Å². The molecular formula is C24H18BrFN2O2. The highest BCUT2D eigenvalue weighted by atomic mass is 79.9. The van der Waals surface area contributed by atoms with Crippen molar-refractivity contribution in [1.29, 1.82) is 0 Å². The second kappa shape index (κ2) is 8.63. The van der Waals surface area contributed by atoms with Crippen LogP contribution < -0.4 is 9.75 Å². The third-order valence-electron chi connectivity index (χ3n) is 4.67. The fraction of sp³-hybridized carbons (Fsp3) is 0.0833. The topological polar surface area (TPSA) is 41.9 Å². The Labute approximate surface area is 182 Å². The van der Waals surface area contributed by atoms with E-state index in [1.807, 2.05) is 49.4 Å². The molecule has 150 valence electrons. The summed E-state index contributed by atoms with van der Waals surface area (Å²) in [4.78, 5) is 12.8. The highest BCUT2D eigenvalue weighted by Gasteiger charge is 2.28. The number of anilines is 1. The van der Waals surface area contributed by atoms with E-state index in [1.165, 1.54) is 11.1 Å². The van der Waals surface area contributed by atoms with Crippen LogP contribution in [-0.4, -0.2) is 11.6 Å². The summed E-state index contributed by atoms with van der Waals surface area (Å²) >= 11 is 3.49. The van der Waals surface area contributed by atoms with Crippen LogP contribution in [-0.2, 0) is 11.4 Å². The molecule has 0 atom stereocenters. The summed E-state index contributed by atoms with van der Waals surface area (Å²) in [6.45, 7) is 1.94. The Hall–Kier alpha value is -3.25. The maximum absolute atomic E-state index is 13.8. The van der Waals surface area contributed by atoms with Gasteiger partial charge in [0.15, 0.2) is 0 Å². The van der Waals surface area contributed by atoms with Gasteiger partial charge in [0.05, 0.1) is 21.4 Å². The summed E-state index contributed by atoms with van der Waals surface area (Å²) in [6.07, 6.45) is 1.80. The number of hydrazone groups is 1. The van der Waals surface area contributed by atoms with Gasteiger partial charge < -0.3 is 4.74 Å². The van der Waals surface area contributed by atoms with E-state index in [2.05, 4.69) is 21.0 Å². The van der Waals surface area contributed by atoms with Crippen LogP contribution in [0.15, 0.2) is 87.9 Å². The van der Waals surface area contributed by atoms with Crippen molar-refractivity contribution in [2.45, 2.75) is 13.5 Å². The summed E-state index contributed by atoms with van der Waals surface area (Å²) in [5.41, 5.74) is 3.22. The van der Waals surface area contributed by atoms with Gasteiger partial charge in [0.1, 0.15) is 18.2 Å². The zero-order chi connectivity index (χ0) is 21.1. The molecule has 1 heterocycles. The number of benzene rings is 3. The maximum Gasteiger partial charge on any atom is 0.280 e. The van der Waals surface area contributed by atoms with E-state index >= 15 is 0 Å². The lowest BCUT2D eigenvalue weighted by Gasteiger charge is -2.11. The Balaban J connectivity index is 1.52. The van der Waals surface area contributed by atoms with Gasteiger partial charge >= 0.3 is 0 Å². The zero-order valence-corrected chi connectivity index (χ0v) is 17.8. The predicted octanol–water partition coefficient (Wildman–Crippen LogP) is 5.97. The van der Waals surface area contributed by atoms with Crippen LogP contribution in [0.1, 0.15) is 18.1 Å². The van der Waals surface area contributed by atoms with Gasteiger partial charge in [0.25, 0.3) is 5.91 Å². The van der Waals surface area contributed by atoms with Gasteiger partial charge in [0, 0.05) is 5.56 Å². The molecule has 0 aliphatic carbocycles. The number of hydrogen-bond donors (Lipinski definition) is 0. The largest absolute Gasteiger partial charge is 0.488 e. The summed E-state index contributed by atoms with van der Waals surface area (Å²) in [6, 6.07) is 21.3. The molecule has 3 aromatic rings. The molecule has 0 saturated carbocycles. The van der Waals surface area contributed by atoms with Crippen molar-refractivity contribution < 1.29 is 13.9 Å². The van der Waals surface area contributed by atoms with Gasteiger partial charge in [-0.05, 0) is 64.8 Å². The maximum atomic E-state index is 13.8. The van der Waals surface area contributed by atoms with E-state index in [-0.39, 0.29) is 18.3 Å². The van der Waals surface area contributed by atoms with E-state index in [0.29, 0.717) is 27.1 Å². The fourth-order valence-electron chi connectivity index (χ4n) is 3.09. The monoisotopic (exact) mass is 464 g/mol. The molecule has 0 unspecified atom stereocenters. The number of rotatable bonds is 5. The van der Waals surface area contributed by atoms with Crippen LogP contribution in [0.2, 0.25) is 0 Å². The van der Waals surface area contributed by atoms with Crippen LogP contribution in [0.3, 0.4) is 0 Å². The Morgan fingerprint density at radius 1 is 1.07 bits per heavy atom. The Morgan fingerprint density at radius 3 is 2.53 bits per heavy atom. The van der Waals surface area contributed by atoms with Crippen LogP contribution in [0.5, 0.6) is 5.75 Å². The van der Waals surface area contributed by atoms with Crippen LogP contribution in [0, 0.1) is 5.82 Å². The Bertz CT molecular complexity index is 1160. The van der Waals surface area contributed by atoms with Crippen LogP contribution >= 0.6 is 15.9 Å². The number of carbonyl (C=O) groups excluding carboxylic acids is 1. The highest BCUT2D eigenvalue weighted by Crippen LogP contribution is 2.30. The fourth-order valence-corrected chi connectivity index (χ4v) is 3.60. The number of hydrogen-bond acceptors (Lipinski definition) is 3. The van der Waals surface area contributed by atoms with Gasteiger partial charge in [-0.25, -0.2) is 4.39 Å². The number of ether oxygens (including phenoxy) is 1. The number of para-hydroxylation sites is 1. The van der Waals surface area contributed by atoms with E-state index in [1.54, 1.807) is 30.3 Å². The standard InChI is InChI=1S/C24H18BrFN2O2/c1-16-20(24(29)28(27-16)19-8-3-2-4-9-19)13-17-11-12-23(21(25)14-17)30-15-18-7-5-6-10-22(18)26/h2-14H,15H2,1H3. The molecule has 1 aliphatic rings. The molecule has 0 fully saturated rings. The minimum atomic E-state index is -0.299. The molecule has 1 amide bonds. The molecule has 0 spiro atoms. The minimum Gasteiger partial charge on any atom is -0.488 e. The van der Waals surface area contributed by atoms with E-state index < -0.39 is 0 Å². The molecule has 0 bridgehead atoms. The number of nitrogens with zero attached hydrogens (tertiary/aromatic N) is 2.